The zero-order valence-corrected chi connectivity index (χ0v) is 19.4. The van der Waals surface area contributed by atoms with Crippen molar-refractivity contribution >= 4 is 24.7 Å². The van der Waals surface area contributed by atoms with Crippen LogP contribution in [0.25, 0.3) is 0 Å². The zero-order valence-electron chi connectivity index (χ0n) is 15.9. The van der Waals surface area contributed by atoms with Crippen LogP contribution in [0.5, 0.6) is 0 Å². The predicted octanol–water partition coefficient (Wildman–Crippen LogP) is 7.88. The van der Waals surface area contributed by atoms with E-state index in [1.807, 2.05) is 6.92 Å². The molecule has 0 nitrogen and oxygen atoms in total. The Hall–Kier alpha value is 0.623. The average molecular weight is 505 g/mol. The molecule has 0 heterocycles. The summed E-state index contributed by atoms with van der Waals surface area (Å²) in [5.74, 6) is 0.902. The van der Waals surface area contributed by atoms with Crippen molar-refractivity contribution in [2.75, 3.05) is 0 Å². The second-order valence-electron chi connectivity index (χ2n) is 6.91. The van der Waals surface area contributed by atoms with Crippen LogP contribution in [0, 0.1) is 5.92 Å². The first kappa shape index (κ1) is 24.9. The third-order valence-corrected chi connectivity index (χ3v) is 5.17. The van der Waals surface area contributed by atoms with Gasteiger partial charge in [0.15, 0.2) is 0 Å². The van der Waals surface area contributed by atoms with Gasteiger partial charge in [-0.3, -0.25) is 0 Å². The number of hydrogen-bond donors (Lipinski definition) is 0. The molecule has 0 aromatic rings. The minimum absolute atomic E-state index is 0.902. The molecule has 0 spiro atoms. The van der Waals surface area contributed by atoms with E-state index in [0.29, 0.717) is 0 Å². The predicted molar refractivity (Wildman–Crippen MR) is 106 cm³/mol. The van der Waals surface area contributed by atoms with Gasteiger partial charge >= 0.3 is 99.5 Å². The van der Waals surface area contributed by atoms with Gasteiger partial charge < -0.3 is 0 Å². The van der Waals surface area contributed by atoms with Gasteiger partial charge in [0, 0.05) is 0 Å². The summed E-state index contributed by atoms with van der Waals surface area (Å²) < 4.78 is 1.48. The van der Waals surface area contributed by atoms with Gasteiger partial charge in [0.05, 0.1) is 0 Å². The second kappa shape index (κ2) is 23.9. The van der Waals surface area contributed by atoms with Crippen molar-refractivity contribution in [1.29, 1.82) is 0 Å². The Labute approximate surface area is 157 Å². The molecule has 0 rings (SSSR count). The molecule has 0 aliphatic rings. The first-order valence-corrected chi connectivity index (χ1v) is 12.3. The van der Waals surface area contributed by atoms with E-state index in [1.165, 1.54) is 94.0 Å². The summed E-state index contributed by atoms with van der Waals surface area (Å²) in [6.45, 7) is 9.92. The Morgan fingerprint density at radius 2 is 0.955 bits per heavy atom. The molecule has 0 unspecified atom stereocenters. The molecule has 2 radical (unpaired) electrons. The van der Waals surface area contributed by atoms with Gasteiger partial charge in [0.25, 0.3) is 0 Å². The van der Waals surface area contributed by atoms with Crippen molar-refractivity contribution in [3.63, 3.8) is 0 Å². The molecule has 132 valence electrons. The summed E-state index contributed by atoms with van der Waals surface area (Å²) in [6.07, 6.45) is 22.5. The van der Waals surface area contributed by atoms with Crippen molar-refractivity contribution in [1.82, 2.24) is 0 Å². The molecule has 22 heavy (non-hydrogen) atoms. The van der Waals surface area contributed by atoms with Crippen LogP contribution in [0.1, 0.15) is 111 Å². The summed E-state index contributed by atoms with van der Waals surface area (Å²) in [5, 5.41) is 0. The minimum atomic E-state index is 0.902. The summed E-state index contributed by atoms with van der Waals surface area (Å²) in [7, 11) is 0. The number of hydrogen-bond acceptors (Lipinski definition) is 0. The quantitative estimate of drug-likeness (QED) is 0.121. The summed E-state index contributed by atoms with van der Waals surface area (Å²) >= 11 is 1.59. The summed E-state index contributed by atoms with van der Waals surface area (Å²) in [4.78, 5) is 0. The van der Waals surface area contributed by atoms with Crippen LogP contribution in [0.2, 0.25) is 4.13 Å². The molecule has 0 fully saturated rings. The van der Waals surface area contributed by atoms with E-state index in [-0.39, 0.29) is 0 Å². The molecular weight excluding hydrogens is 461 g/mol. The molecule has 0 saturated carbocycles. The van der Waals surface area contributed by atoms with Crippen molar-refractivity contribution in [3.8, 4) is 0 Å². The average Bonchev–Trinajstić information content (AvgIpc) is 2.48. The van der Waals surface area contributed by atoms with E-state index in [1.54, 1.807) is 30.8 Å². The summed E-state index contributed by atoms with van der Waals surface area (Å²) in [5.41, 5.74) is 0. The van der Waals surface area contributed by atoms with Gasteiger partial charge in [-0.2, -0.15) is 0 Å². The molecule has 0 N–H and O–H groups in total. The molecule has 0 saturated heterocycles. The van der Waals surface area contributed by atoms with Gasteiger partial charge in [-0.25, -0.2) is 0 Å². The second-order valence-corrected chi connectivity index (χ2v) is 8.65. The standard InChI is InChI=1S/C18H37.C3H6.Bi/c1-4-5-6-7-8-9-10-11-12-13-14-15-16-17-18(2)3;1-3-2;/h18H,1,4-17H2,2-3H3;3H,1H2,2H3;. The van der Waals surface area contributed by atoms with E-state index in [4.69, 9.17) is 0 Å². The van der Waals surface area contributed by atoms with Crippen molar-refractivity contribution in [3.05, 3.63) is 12.7 Å². The first-order valence-electron chi connectivity index (χ1n) is 9.86. The SMILES string of the molecule is C=CC.CC(C)CCCCCCCCCCCCCC[CH2][Bi]. The molecular formula is C21H43Bi. The molecule has 0 amide bonds. The molecule has 0 atom stereocenters. The number of allylic oxidation sites excluding steroid dienone is 1. The molecule has 0 aromatic heterocycles. The Morgan fingerprint density at radius 3 is 1.23 bits per heavy atom. The van der Waals surface area contributed by atoms with Crippen LogP contribution in [-0.2, 0) is 0 Å². The van der Waals surface area contributed by atoms with Crippen LogP contribution in [0.15, 0.2) is 12.7 Å². The maximum absolute atomic E-state index is 3.36. The third-order valence-electron chi connectivity index (χ3n) is 3.94. The number of unbranched alkanes of at least 4 members (excludes halogenated alkanes) is 12. The monoisotopic (exact) mass is 504 g/mol. The van der Waals surface area contributed by atoms with Crippen LogP contribution in [0.3, 0.4) is 0 Å². The molecule has 0 aliphatic carbocycles. The Kier molecular flexibility index (Phi) is 27.0. The van der Waals surface area contributed by atoms with E-state index >= 15 is 0 Å². The van der Waals surface area contributed by atoms with E-state index in [9.17, 15) is 0 Å². The Bertz CT molecular complexity index is 186. The van der Waals surface area contributed by atoms with Crippen molar-refractivity contribution in [2.24, 2.45) is 5.92 Å². The fourth-order valence-electron chi connectivity index (χ4n) is 2.61. The molecule has 1 heteroatoms. The van der Waals surface area contributed by atoms with Crippen LogP contribution >= 0.6 is 0 Å². The third kappa shape index (κ3) is 28.7. The fourth-order valence-corrected chi connectivity index (χ4v) is 3.48. The molecule has 0 aromatic carbocycles. The number of rotatable bonds is 15. The summed E-state index contributed by atoms with van der Waals surface area (Å²) in [6, 6.07) is 0. The zero-order chi connectivity index (χ0) is 16.9. The first-order chi connectivity index (χ1) is 10.7. The molecule has 0 bridgehead atoms. The van der Waals surface area contributed by atoms with Crippen LogP contribution in [0.4, 0.5) is 0 Å². The Balaban J connectivity index is 0. The van der Waals surface area contributed by atoms with E-state index in [2.05, 4.69) is 20.4 Å². The van der Waals surface area contributed by atoms with E-state index in [0.717, 1.165) is 5.92 Å². The van der Waals surface area contributed by atoms with Gasteiger partial charge in [0.1, 0.15) is 0 Å². The fraction of sp³-hybridized carbons (Fsp3) is 0.905. The van der Waals surface area contributed by atoms with Gasteiger partial charge in [-0.05, 0) is 12.8 Å². The van der Waals surface area contributed by atoms with Crippen LogP contribution in [-0.4, -0.2) is 24.7 Å². The topological polar surface area (TPSA) is 0 Å². The van der Waals surface area contributed by atoms with Crippen LogP contribution < -0.4 is 0 Å². The maximum atomic E-state index is 3.36. The van der Waals surface area contributed by atoms with E-state index < -0.39 is 0 Å². The molecule has 0 aliphatic heterocycles. The van der Waals surface area contributed by atoms with Gasteiger partial charge in [-0.15, -0.1) is 6.58 Å². The van der Waals surface area contributed by atoms with Crippen molar-refractivity contribution in [2.45, 2.75) is 115 Å². The van der Waals surface area contributed by atoms with Gasteiger partial charge in [-0.1, -0.05) is 39.2 Å². The van der Waals surface area contributed by atoms with Crippen molar-refractivity contribution < 1.29 is 0 Å². The Morgan fingerprint density at radius 1 is 0.682 bits per heavy atom. The normalized spacial score (nSPS) is 10.4. The van der Waals surface area contributed by atoms with Gasteiger partial charge in [0.2, 0.25) is 0 Å².